The van der Waals surface area contributed by atoms with E-state index < -0.39 is 0 Å². The summed E-state index contributed by atoms with van der Waals surface area (Å²) in [6, 6.07) is 7.93. The van der Waals surface area contributed by atoms with Crippen LogP contribution in [-0.4, -0.2) is 6.04 Å². The Hall–Kier alpha value is -0.890. The zero-order valence-corrected chi connectivity index (χ0v) is 10.7. The first-order valence-electron chi connectivity index (χ1n) is 6.76. The van der Waals surface area contributed by atoms with Gasteiger partial charge in [0.15, 0.2) is 0 Å². The Morgan fingerprint density at radius 1 is 1.41 bits per heavy atom. The van der Waals surface area contributed by atoms with Crippen LogP contribution < -0.4 is 5.32 Å². The van der Waals surface area contributed by atoms with Gasteiger partial charge in [0.1, 0.15) is 5.82 Å². The van der Waals surface area contributed by atoms with Crippen molar-refractivity contribution in [2.45, 2.75) is 51.6 Å². The first-order chi connectivity index (χ1) is 8.24. The van der Waals surface area contributed by atoms with Gasteiger partial charge in [-0.05, 0) is 42.9 Å². The minimum Gasteiger partial charge on any atom is -0.307 e. The standard InChI is InChI=1S/C15H22FN/c1-3-6-11-10-15(11)17-14(4-2)12-7-5-8-13(16)9-12/h5,7-9,11,14-15,17H,3-4,6,10H2,1-2H3. The molecule has 0 radical (unpaired) electrons. The molecular weight excluding hydrogens is 213 g/mol. The van der Waals surface area contributed by atoms with Gasteiger partial charge < -0.3 is 5.32 Å². The van der Waals surface area contributed by atoms with Gasteiger partial charge in [-0.2, -0.15) is 0 Å². The molecule has 17 heavy (non-hydrogen) atoms. The summed E-state index contributed by atoms with van der Waals surface area (Å²) in [4.78, 5) is 0. The van der Waals surface area contributed by atoms with Gasteiger partial charge in [0.25, 0.3) is 0 Å². The Morgan fingerprint density at radius 2 is 2.24 bits per heavy atom. The van der Waals surface area contributed by atoms with E-state index in [2.05, 4.69) is 19.2 Å². The SMILES string of the molecule is CCCC1CC1NC(CC)c1cccc(F)c1. The minimum absolute atomic E-state index is 0.136. The molecule has 1 aliphatic carbocycles. The first-order valence-corrected chi connectivity index (χ1v) is 6.76. The zero-order chi connectivity index (χ0) is 12.3. The number of hydrogen-bond donors (Lipinski definition) is 1. The number of benzene rings is 1. The normalized spacial score (nSPS) is 24.6. The van der Waals surface area contributed by atoms with Crippen molar-refractivity contribution in [1.82, 2.24) is 5.32 Å². The van der Waals surface area contributed by atoms with Gasteiger partial charge in [0, 0.05) is 12.1 Å². The van der Waals surface area contributed by atoms with Gasteiger partial charge >= 0.3 is 0 Å². The second-order valence-corrected chi connectivity index (χ2v) is 5.07. The number of halogens is 1. The lowest BCUT2D eigenvalue weighted by Crippen LogP contribution is -2.24. The lowest BCUT2D eigenvalue weighted by Gasteiger charge is -2.17. The van der Waals surface area contributed by atoms with Gasteiger partial charge in [-0.25, -0.2) is 4.39 Å². The second-order valence-electron chi connectivity index (χ2n) is 5.07. The molecule has 1 aliphatic rings. The smallest absolute Gasteiger partial charge is 0.123 e. The number of nitrogens with one attached hydrogen (secondary N) is 1. The van der Waals surface area contributed by atoms with E-state index in [1.165, 1.54) is 25.3 Å². The summed E-state index contributed by atoms with van der Waals surface area (Å²) in [6.07, 6.45) is 4.88. The van der Waals surface area contributed by atoms with Gasteiger partial charge in [0.2, 0.25) is 0 Å². The van der Waals surface area contributed by atoms with E-state index in [-0.39, 0.29) is 5.82 Å². The fourth-order valence-corrected chi connectivity index (χ4v) is 2.57. The van der Waals surface area contributed by atoms with Crippen molar-refractivity contribution in [1.29, 1.82) is 0 Å². The molecule has 1 aromatic carbocycles. The van der Waals surface area contributed by atoms with Crippen molar-refractivity contribution < 1.29 is 4.39 Å². The van der Waals surface area contributed by atoms with E-state index in [0.29, 0.717) is 12.1 Å². The molecule has 0 amide bonds. The Kier molecular flexibility index (Phi) is 4.16. The molecule has 0 aromatic heterocycles. The average Bonchev–Trinajstić information content (AvgIpc) is 3.05. The Morgan fingerprint density at radius 3 is 2.88 bits per heavy atom. The highest BCUT2D eigenvalue weighted by Crippen LogP contribution is 2.36. The molecule has 3 unspecified atom stereocenters. The molecule has 3 atom stereocenters. The highest BCUT2D eigenvalue weighted by molar-refractivity contribution is 5.20. The molecule has 1 nitrogen and oxygen atoms in total. The van der Waals surface area contributed by atoms with Crippen molar-refractivity contribution in [3.8, 4) is 0 Å². The van der Waals surface area contributed by atoms with Crippen LogP contribution in [0.15, 0.2) is 24.3 Å². The van der Waals surface area contributed by atoms with Gasteiger partial charge in [-0.1, -0.05) is 32.4 Å². The third kappa shape index (κ3) is 3.29. The predicted octanol–water partition coefficient (Wildman–Crippen LogP) is 4.06. The second kappa shape index (κ2) is 5.63. The van der Waals surface area contributed by atoms with Crippen LogP contribution in [0, 0.1) is 11.7 Å². The van der Waals surface area contributed by atoms with Crippen molar-refractivity contribution in [3.05, 3.63) is 35.6 Å². The van der Waals surface area contributed by atoms with Crippen molar-refractivity contribution >= 4 is 0 Å². The van der Waals surface area contributed by atoms with Crippen molar-refractivity contribution in [3.63, 3.8) is 0 Å². The maximum atomic E-state index is 13.2. The summed E-state index contributed by atoms with van der Waals surface area (Å²) in [6.45, 7) is 4.39. The maximum absolute atomic E-state index is 13.2. The maximum Gasteiger partial charge on any atom is 0.123 e. The van der Waals surface area contributed by atoms with E-state index in [0.717, 1.165) is 17.9 Å². The molecule has 2 rings (SSSR count). The molecule has 1 fully saturated rings. The third-order valence-corrected chi connectivity index (χ3v) is 3.66. The summed E-state index contributed by atoms with van der Waals surface area (Å²) in [7, 11) is 0. The number of rotatable bonds is 6. The molecule has 0 bridgehead atoms. The lowest BCUT2D eigenvalue weighted by atomic mass is 10.0. The molecule has 2 heteroatoms. The lowest BCUT2D eigenvalue weighted by molar-refractivity contribution is 0.486. The third-order valence-electron chi connectivity index (χ3n) is 3.66. The highest BCUT2D eigenvalue weighted by atomic mass is 19.1. The fraction of sp³-hybridized carbons (Fsp3) is 0.600. The van der Waals surface area contributed by atoms with E-state index in [4.69, 9.17) is 0 Å². The summed E-state index contributed by atoms with van der Waals surface area (Å²) < 4.78 is 13.2. The fourth-order valence-electron chi connectivity index (χ4n) is 2.57. The van der Waals surface area contributed by atoms with Crippen molar-refractivity contribution in [2.24, 2.45) is 5.92 Å². The van der Waals surface area contributed by atoms with Crippen LogP contribution in [0.25, 0.3) is 0 Å². The molecule has 1 saturated carbocycles. The Labute approximate surface area is 103 Å². The van der Waals surface area contributed by atoms with Crippen LogP contribution in [0.4, 0.5) is 4.39 Å². The Balaban J connectivity index is 1.93. The van der Waals surface area contributed by atoms with Crippen LogP contribution in [0.3, 0.4) is 0 Å². The summed E-state index contributed by atoms with van der Waals surface area (Å²) in [5.41, 5.74) is 1.08. The molecule has 1 aromatic rings. The Bertz CT molecular complexity index is 364. The van der Waals surface area contributed by atoms with Gasteiger partial charge in [-0.15, -0.1) is 0 Å². The zero-order valence-electron chi connectivity index (χ0n) is 10.7. The summed E-state index contributed by atoms with van der Waals surface area (Å²) in [5.74, 6) is 0.714. The summed E-state index contributed by atoms with van der Waals surface area (Å²) >= 11 is 0. The van der Waals surface area contributed by atoms with Crippen molar-refractivity contribution in [2.75, 3.05) is 0 Å². The molecule has 0 heterocycles. The monoisotopic (exact) mass is 235 g/mol. The van der Waals surface area contributed by atoms with E-state index in [1.807, 2.05) is 6.07 Å². The van der Waals surface area contributed by atoms with Crippen LogP contribution in [-0.2, 0) is 0 Å². The quantitative estimate of drug-likeness (QED) is 0.784. The van der Waals surface area contributed by atoms with Crippen LogP contribution >= 0.6 is 0 Å². The largest absolute Gasteiger partial charge is 0.307 e. The topological polar surface area (TPSA) is 12.0 Å². The van der Waals surface area contributed by atoms with E-state index >= 15 is 0 Å². The molecular formula is C15H22FN. The van der Waals surface area contributed by atoms with Crippen LogP contribution in [0.5, 0.6) is 0 Å². The average molecular weight is 235 g/mol. The molecule has 1 N–H and O–H groups in total. The summed E-state index contributed by atoms with van der Waals surface area (Å²) in [5, 5.41) is 3.65. The molecule has 94 valence electrons. The minimum atomic E-state index is -0.136. The van der Waals surface area contributed by atoms with E-state index in [1.54, 1.807) is 12.1 Å². The molecule has 0 aliphatic heterocycles. The molecule has 0 saturated heterocycles. The predicted molar refractivity (Wildman–Crippen MR) is 69.4 cm³/mol. The van der Waals surface area contributed by atoms with Crippen LogP contribution in [0.2, 0.25) is 0 Å². The van der Waals surface area contributed by atoms with Gasteiger partial charge in [0.05, 0.1) is 0 Å². The first kappa shape index (κ1) is 12.6. The number of hydrogen-bond acceptors (Lipinski definition) is 1. The highest BCUT2D eigenvalue weighted by Gasteiger charge is 2.37. The van der Waals surface area contributed by atoms with Crippen LogP contribution in [0.1, 0.15) is 51.1 Å². The molecule has 0 spiro atoms. The van der Waals surface area contributed by atoms with Gasteiger partial charge in [-0.3, -0.25) is 0 Å². The van der Waals surface area contributed by atoms with E-state index in [9.17, 15) is 4.39 Å².